The molecule has 3 fully saturated rings. The molecule has 3 saturated heterocycles. The number of fused-ring (bicyclic) bond motifs is 5. The molecule has 0 aliphatic carbocycles. The van der Waals surface area contributed by atoms with Crippen molar-refractivity contribution in [1.29, 1.82) is 0 Å². The minimum Gasteiger partial charge on any atom is -0.309 e. The zero-order valence-corrected chi connectivity index (χ0v) is 11.3. The summed E-state index contributed by atoms with van der Waals surface area (Å²) in [5.41, 5.74) is -0.905. The Hall–Kier alpha value is -2.09. The maximum absolute atomic E-state index is 12.8. The zero-order chi connectivity index (χ0) is 15.6. The van der Waals surface area contributed by atoms with Crippen molar-refractivity contribution < 1.29 is 22.8 Å². The average molecular weight is 311 g/mol. The third-order valence-corrected chi connectivity index (χ3v) is 4.53. The first-order valence-electron chi connectivity index (χ1n) is 6.95. The number of carbonyl (C=O) groups is 2. The molecule has 1 aromatic rings. The first-order chi connectivity index (χ1) is 10.4. The molecule has 8 heteroatoms. The lowest BCUT2D eigenvalue weighted by atomic mass is 10.1. The van der Waals surface area contributed by atoms with Gasteiger partial charge in [0.1, 0.15) is 6.04 Å². The van der Waals surface area contributed by atoms with Crippen molar-refractivity contribution in [3.63, 3.8) is 0 Å². The summed E-state index contributed by atoms with van der Waals surface area (Å²) >= 11 is 0. The number of urea groups is 1. The summed E-state index contributed by atoms with van der Waals surface area (Å²) in [6, 6.07) is 3.04. The monoisotopic (exact) mass is 311 g/mol. The standard InChI is InChI=1S/C14H12F3N3O2/c15-14(16,17)7-2-1-3-8(4-7)20-12(21)11-10-5-9(6-18-10)19(11)13(20)22/h1-4,9-11,18H,5-6H2/t9-,10?,11+/m1/s1. The van der Waals surface area contributed by atoms with E-state index in [4.69, 9.17) is 0 Å². The molecule has 1 aromatic carbocycles. The summed E-state index contributed by atoms with van der Waals surface area (Å²) in [6.45, 7) is 0.622. The zero-order valence-electron chi connectivity index (χ0n) is 11.3. The number of rotatable bonds is 1. The van der Waals surface area contributed by atoms with Crippen molar-refractivity contribution in [3.05, 3.63) is 29.8 Å². The van der Waals surface area contributed by atoms with Crippen molar-refractivity contribution in [3.8, 4) is 0 Å². The molecule has 0 aromatic heterocycles. The van der Waals surface area contributed by atoms with Gasteiger partial charge >= 0.3 is 12.2 Å². The van der Waals surface area contributed by atoms with E-state index in [0.29, 0.717) is 6.54 Å². The second-order valence-corrected chi connectivity index (χ2v) is 5.76. The summed E-state index contributed by atoms with van der Waals surface area (Å²) in [4.78, 5) is 27.3. The predicted octanol–water partition coefficient (Wildman–Crippen LogP) is 1.59. The Kier molecular flexibility index (Phi) is 2.60. The quantitative estimate of drug-likeness (QED) is 0.801. The Morgan fingerprint density at radius 1 is 1.23 bits per heavy atom. The van der Waals surface area contributed by atoms with E-state index in [1.165, 1.54) is 17.0 Å². The maximum atomic E-state index is 12.8. The Morgan fingerprint density at radius 3 is 2.68 bits per heavy atom. The smallest absolute Gasteiger partial charge is 0.309 e. The fourth-order valence-corrected chi connectivity index (χ4v) is 3.59. The molecule has 1 unspecified atom stereocenters. The third-order valence-electron chi connectivity index (χ3n) is 4.53. The Labute approximate surface area is 123 Å². The molecule has 22 heavy (non-hydrogen) atoms. The minimum atomic E-state index is -4.52. The van der Waals surface area contributed by atoms with Gasteiger partial charge in [0.2, 0.25) is 0 Å². The van der Waals surface area contributed by atoms with Gasteiger partial charge in [0.15, 0.2) is 0 Å². The van der Waals surface area contributed by atoms with Gasteiger partial charge in [0, 0.05) is 18.6 Å². The number of halogens is 3. The van der Waals surface area contributed by atoms with Crippen LogP contribution in [0.2, 0.25) is 0 Å². The van der Waals surface area contributed by atoms with Crippen LogP contribution >= 0.6 is 0 Å². The highest BCUT2D eigenvalue weighted by atomic mass is 19.4. The van der Waals surface area contributed by atoms with Gasteiger partial charge in [0.25, 0.3) is 5.91 Å². The predicted molar refractivity (Wildman–Crippen MR) is 70.1 cm³/mol. The maximum Gasteiger partial charge on any atom is 0.416 e. The van der Waals surface area contributed by atoms with Gasteiger partial charge in [-0.2, -0.15) is 13.2 Å². The van der Waals surface area contributed by atoms with Gasteiger partial charge in [-0.05, 0) is 24.6 Å². The van der Waals surface area contributed by atoms with Crippen LogP contribution in [-0.4, -0.2) is 41.5 Å². The SMILES string of the molecule is O=C1[C@@H]2C3C[C@H](CN3)N2C(=O)N1c1cccc(C(F)(F)F)c1. The number of piperazine rings is 1. The van der Waals surface area contributed by atoms with Gasteiger partial charge in [0.05, 0.1) is 11.3 Å². The summed E-state index contributed by atoms with van der Waals surface area (Å²) in [6.07, 6.45) is -3.79. The molecule has 0 radical (unpaired) electrons. The van der Waals surface area contributed by atoms with Crippen molar-refractivity contribution in [2.45, 2.75) is 30.7 Å². The van der Waals surface area contributed by atoms with Crippen LogP contribution in [0.5, 0.6) is 0 Å². The van der Waals surface area contributed by atoms with Crippen LogP contribution in [0.3, 0.4) is 0 Å². The molecule has 5 nitrogen and oxygen atoms in total. The Morgan fingerprint density at radius 2 is 2.00 bits per heavy atom. The first kappa shape index (κ1) is 13.6. The number of benzene rings is 1. The molecule has 3 aliphatic rings. The largest absolute Gasteiger partial charge is 0.416 e. The highest BCUT2D eigenvalue weighted by Gasteiger charge is 2.59. The molecule has 3 amide bonds. The highest BCUT2D eigenvalue weighted by molar-refractivity contribution is 6.22. The number of amides is 3. The van der Waals surface area contributed by atoms with E-state index < -0.39 is 29.7 Å². The van der Waals surface area contributed by atoms with Crippen LogP contribution in [-0.2, 0) is 11.0 Å². The van der Waals surface area contributed by atoms with Crippen LogP contribution in [0.25, 0.3) is 0 Å². The normalized spacial score (nSPS) is 30.4. The summed E-state index contributed by atoms with van der Waals surface area (Å²) in [5.74, 6) is -0.455. The van der Waals surface area contributed by atoms with E-state index in [2.05, 4.69) is 5.32 Å². The number of carbonyl (C=O) groups excluding carboxylic acids is 2. The van der Waals surface area contributed by atoms with Crippen molar-refractivity contribution in [2.75, 3.05) is 11.4 Å². The number of imide groups is 1. The van der Waals surface area contributed by atoms with Crippen LogP contribution in [0.4, 0.5) is 23.7 Å². The molecule has 3 heterocycles. The van der Waals surface area contributed by atoms with E-state index in [1.807, 2.05) is 0 Å². The second-order valence-electron chi connectivity index (χ2n) is 5.76. The molecule has 3 aliphatic heterocycles. The summed E-state index contributed by atoms with van der Waals surface area (Å²) in [7, 11) is 0. The first-order valence-corrected chi connectivity index (χ1v) is 6.95. The molecule has 0 saturated carbocycles. The van der Waals surface area contributed by atoms with E-state index in [0.717, 1.165) is 23.5 Å². The Balaban J connectivity index is 1.72. The highest BCUT2D eigenvalue weighted by Crippen LogP contribution is 2.39. The van der Waals surface area contributed by atoms with Crippen LogP contribution < -0.4 is 10.2 Å². The molecule has 2 bridgehead atoms. The summed E-state index contributed by atoms with van der Waals surface area (Å²) < 4.78 is 38.4. The number of nitrogens with zero attached hydrogens (tertiary/aromatic N) is 2. The molecule has 116 valence electrons. The molecule has 3 atom stereocenters. The second kappa shape index (κ2) is 4.22. The van der Waals surface area contributed by atoms with Gasteiger partial charge < -0.3 is 10.2 Å². The van der Waals surface area contributed by atoms with Crippen LogP contribution in [0.1, 0.15) is 12.0 Å². The lowest BCUT2D eigenvalue weighted by molar-refractivity contribution is -0.137. The van der Waals surface area contributed by atoms with E-state index in [9.17, 15) is 22.8 Å². The lowest BCUT2D eigenvalue weighted by Gasteiger charge is -2.26. The van der Waals surface area contributed by atoms with Gasteiger partial charge in [-0.25, -0.2) is 9.69 Å². The molecular weight excluding hydrogens is 299 g/mol. The van der Waals surface area contributed by atoms with Gasteiger partial charge in [-0.15, -0.1) is 0 Å². The molecular formula is C14H12F3N3O2. The summed E-state index contributed by atoms with van der Waals surface area (Å²) in [5, 5.41) is 3.16. The lowest BCUT2D eigenvalue weighted by Crippen LogP contribution is -2.51. The Bertz CT molecular complexity index is 648. The van der Waals surface area contributed by atoms with Crippen molar-refractivity contribution in [2.24, 2.45) is 0 Å². The van der Waals surface area contributed by atoms with Gasteiger partial charge in [-0.1, -0.05) is 6.07 Å². The number of anilines is 1. The van der Waals surface area contributed by atoms with E-state index in [1.54, 1.807) is 0 Å². The van der Waals surface area contributed by atoms with Crippen molar-refractivity contribution in [1.82, 2.24) is 10.2 Å². The van der Waals surface area contributed by atoms with Gasteiger partial charge in [-0.3, -0.25) is 4.79 Å². The van der Waals surface area contributed by atoms with Crippen molar-refractivity contribution >= 4 is 17.6 Å². The van der Waals surface area contributed by atoms with Crippen LogP contribution in [0, 0.1) is 0 Å². The number of alkyl halides is 3. The minimum absolute atomic E-state index is 0.0291. The molecule has 0 spiro atoms. The third kappa shape index (κ3) is 1.70. The number of hydrogen-bond donors (Lipinski definition) is 1. The fraction of sp³-hybridized carbons (Fsp3) is 0.429. The van der Waals surface area contributed by atoms with E-state index >= 15 is 0 Å². The van der Waals surface area contributed by atoms with E-state index in [-0.39, 0.29) is 17.8 Å². The number of hydrogen-bond acceptors (Lipinski definition) is 3. The number of nitrogens with one attached hydrogen (secondary N) is 1. The van der Waals surface area contributed by atoms with Crippen LogP contribution in [0.15, 0.2) is 24.3 Å². The molecule has 4 rings (SSSR count). The fourth-order valence-electron chi connectivity index (χ4n) is 3.59. The molecule has 1 N–H and O–H groups in total. The average Bonchev–Trinajstić information content (AvgIpc) is 3.12. The topological polar surface area (TPSA) is 52.7 Å².